The molecule has 0 spiro atoms. The zero-order valence-electron chi connectivity index (χ0n) is 14.1. The van der Waals surface area contributed by atoms with E-state index in [1.165, 1.54) is 0 Å². The third-order valence-electron chi connectivity index (χ3n) is 5.84. The summed E-state index contributed by atoms with van der Waals surface area (Å²) in [6.07, 6.45) is 4.58. The standard InChI is InChI=1S/C16H21N7O/c1-8-11-5-4-10-12(15(17)20-22-18)23(3)21-14(10)16(11,2)6-9-7-19-24-13(8)9/h7-8,11H,4-6H2,1-3H3,(H3,17,18,20)/t8-,11-,16?/m0/s1. The molecule has 1 unspecified atom stereocenters. The number of amidine groups is 1. The molecule has 8 nitrogen and oxygen atoms in total. The molecular weight excluding hydrogens is 306 g/mol. The Morgan fingerprint density at radius 2 is 2.33 bits per heavy atom. The minimum absolute atomic E-state index is 0.0605. The second-order valence-electron chi connectivity index (χ2n) is 7.11. The van der Waals surface area contributed by atoms with Crippen LogP contribution in [0.15, 0.2) is 21.1 Å². The van der Waals surface area contributed by atoms with Gasteiger partial charge in [0.05, 0.1) is 11.9 Å². The summed E-state index contributed by atoms with van der Waals surface area (Å²) >= 11 is 0. The maximum atomic E-state index is 8.13. The van der Waals surface area contributed by atoms with Crippen LogP contribution in [0, 0.1) is 11.3 Å². The fourth-order valence-corrected chi connectivity index (χ4v) is 4.83. The molecule has 0 aliphatic heterocycles. The highest BCUT2D eigenvalue weighted by molar-refractivity contribution is 5.96. The van der Waals surface area contributed by atoms with Crippen molar-refractivity contribution in [1.29, 1.82) is 5.41 Å². The van der Waals surface area contributed by atoms with Gasteiger partial charge in [0.1, 0.15) is 11.5 Å². The summed E-state index contributed by atoms with van der Waals surface area (Å²) < 4.78 is 7.24. The van der Waals surface area contributed by atoms with E-state index in [1.54, 1.807) is 4.68 Å². The van der Waals surface area contributed by atoms with Gasteiger partial charge >= 0.3 is 0 Å². The van der Waals surface area contributed by atoms with Gasteiger partial charge in [-0.15, -0.1) is 5.11 Å². The Hall–Kier alpha value is -2.51. The SMILES string of the molecule is C[C@@H]1c2oncc2CC2(C)c3nn(C)c(C(=N)/N=N\N)c3CC[C@@H]12. The predicted octanol–water partition coefficient (Wildman–Crippen LogP) is 2.24. The van der Waals surface area contributed by atoms with Crippen molar-refractivity contribution >= 4 is 5.84 Å². The number of aromatic nitrogens is 3. The molecule has 2 heterocycles. The van der Waals surface area contributed by atoms with E-state index in [1.807, 2.05) is 13.2 Å². The molecule has 0 fully saturated rings. The van der Waals surface area contributed by atoms with E-state index in [-0.39, 0.29) is 11.3 Å². The molecule has 0 bridgehead atoms. The summed E-state index contributed by atoms with van der Waals surface area (Å²) in [5.41, 5.74) is 3.94. The summed E-state index contributed by atoms with van der Waals surface area (Å²) in [5.74, 6) is 6.95. The highest BCUT2D eigenvalue weighted by Gasteiger charge is 2.51. The molecule has 0 saturated carbocycles. The van der Waals surface area contributed by atoms with Crippen LogP contribution in [0.1, 0.15) is 54.5 Å². The van der Waals surface area contributed by atoms with Crippen molar-refractivity contribution in [2.24, 2.45) is 29.1 Å². The lowest BCUT2D eigenvalue weighted by Gasteiger charge is -2.46. The van der Waals surface area contributed by atoms with Crippen LogP contribution in [0.4, 0.5) is 0 Å². The average Bonchev–Trinajstić information content (AvgIpc) is 3.11. The number of hydrogen-bond donors (Lipinski definition) is 2. The number of nitrogens with two attached hydrogens (primary N) is 1. The van der Waals surface area contributed by atoms with Gasteiger partial charge in [0.15, 0.2) is 5.84 Å². The minimum atomic E-state index is -0.0955. The van der Waals surface area contributed by atoms with Crippen molar-refractivity contribution in [1.82, 2.24) is 14.9 Å². The van der Waals surface area contributed by atoms with E-state index in [2.05, 4.69) is 29.3 Å². The minimum Gasteiger partial charge on any atom is -0.361 e. The molecule has 2 aromatic rings. The Morgan fingerprint density at radius 3 is 3.08 bits per heavy atom. The first-order chi connectivity index (χ1) is 11.5. The van der Waals surface area contributed by atoms with Crippen molar-refractivity contribution in [3.63, 3.8) is 0 Å². The van der Waals surface area contributed by atoms with Gasteiger partial charge in [0.2, 0.25) is 0 Å². The topological polar surface area (TPSA) is 118 Å². The summed E-state index contributed by atoms with van der Waals surface area (Å²) in [7, 11) is 1.85. The van der Waals surface area contributed by atoms with Gasteiger partial charge in [-0.3, -0.25) is 10.1 Å². The smallest absolute Gasteiger partial charge is 0.194 e. The first-order valence-electron chi connectivity index (χ1n) is 8.17. The molecule has 126 valence electrons. The fourth-order valence-electron chi connectivity index (χ4n) is 4.83. The summed E-state index contributed by atoms with van der Waals surface area (Å²) in [4.78, 5) is 0. The van der Waals surface area contributed by atoms with Gasteiger partial charge < -0.3 is 10.4 Å². The Labute approximate surface area is 139 Å². The molecule has 3 N–H and O–H groups in total. The zero-order chi connectivity index (χ0) is 17.1. The largest absolute Gasteiger partial charge is 0.361 e. The lowest BCUT2D eigenvalue weighted by molar-refractivity contribution is 0.172. The van der Waals surface area contributed by atoms with Crippen molar-refractivity contribution < 1.29 is 4.52 Å². The third-order valence-corrected chi connectivity index (χ3v) is 5.84. The average molecular weight is 327 g/mol. The molecule has 0 saturated heterocycles. The van der Waals surface area contributed by atoms with Gasteiger partial charge in [0.25, 0.3) is 0 Å². The number of hydrogen-bond acceptors (Lipinski definition) is 5. The summed E-state index contributed by atoms with van der Waals surface area (Å²) in [6.45, 7) is 4.48. The third kappa shape index (κ3) is 1.82. The van der Waals surface area contributed by atoms with E-state index < -0.39 is 0 Å². The molecule has 2 aliphatic carbocycles. The normalized spacial score (nSPS) is 28.5. The van der Waals surface area contributed by atoms with Crippen molar-refractivity contribution in [3.05, 3.63) is 34.5 Å². The Morgan fingerprint density at radius 1 is 1.54 bits per heavy atom. The van der Waals surface area contributed by atoms with E-state index >= 15 is 0 Å². The molecule has 2 aliphatic rings. The number of rotatable bonds is 1. The van der Waals surface area contributed by atoms with Gasteiger partial charge in [0, 0.05) is 29.5 Å². The maximum Gasteiger partial charge on any atom is 0.194 e. The maximum absolute atomic E-state index is 8.13. The van der Waals surface area contributed by atoms with Gasteiger partial charge in [-0.25, -0.2) is 0 Å². The van der Waals surface area contributed by atoms with Crippen LogP contribution in [0.5, 0.6) is 0 Å². The van der Waals surface area contributed by atoms with E-state index in [9.17, 15) is 0 Å². The molecule has 2 aromatic heterocycles. The summed E-state index contributed by atoms with van der Waals surface area (Å²) in [6, 6.07) is 0. The van der Waals surface area contributed by atoms with Crippen LogP contribution >= 0.6 is 0 Å². The molecule has 0 radical (unpaired) electrons. The molecule has 24 heavy (non-hydrogen) atoms. The number of nitrogens with zero attached hydrogens (tertiary/aromatic N) is 5. The second kappa shape index (κ2) is 4.99. The van der Waals surface area contributed by atoms with Gasteiger partial charge in [-0.2, -0.15) is 5.10 Å². The van der Waals surface area contributed by atoms with Gasteiger partial charge in [-0.05, 0) is 25.2 Å². The van der Waals surface area contributed by atoms with E-state index in [0.717, 1.165) is 41.8 Å². The van der Waals surface area contributed by atoms with Crippen LogP contribution in [0.3, 0.4) is 0 Å². The van der Waals surface area contributed by atoms with Crippen molar-refractivity contribution in [2.45, 2.75) is 44.4 Å². The van der Waals surface area contributed by atoms with Crippen LogP contribution in [-0.2, 0) is 25.3 Å². The molecule has 8 heteroatoms. The number of aryl methyl sites for hydroxylation is 1. The van der Waals surface area contributed by atoms with Gasteiger partial charge in [-0.1, -0.05) is 24.2 Å². The Bertz CT molecular complexity index is 849. The first kappa shape index (κ1) is 15.0. The highest BCUT2D eigenvalue weighted by Crippen LogP contribution is 2.53. The highest BCUT2D eigenvalue weighted by atomic mass is 16.5. The lowest BCUT2D eigenvalue weighted by atomic mass is 9.57. The van der Waals surface area contributed by atoms with E-state index in [0.29, 0.717) is 17.5 Å². The molecule has 3 atom stereocenters. The van der Waals surface area contributed by atoms with Crippen LogP contribution in [0.25, 0.3) is 0 Å². The predicted molar refractivity (Wildman–Crippen MR) is 86.9 cm³/mol. The summed E-state index contributed by atoms with van der Waals surface area (Å²) in [5, 5.41) is 23.9. The van der Waals surface area contributed by atoms with Crippen LogP contribution < -0.4 is 5.84 Å². The quantitative estimate of drug-likeness (QED) is 0.274. The molecule has 0 aromatic carbocycles. The first-order valence-corrected chi connectivity index (χ1v) is 8.17. The Kier molecular flexibility index (Phi) is 3.13. The zero-order valence-corrected chi connectivity index (χ0v) is 14.1. The molecular formula is C16H21N7O. The van der Waals surface area contributed by atoms with Crippen molar-refractivity contribution in [2.75, 3.05) is 0 Å². The van der Waals surface area contributed by atoms with Crippen molar-refractivity contribution in [3.8, 4) is 0 Å². The second-order valence-corrected chi connectivity index (χ2v) is 7.11. The number of nitrogens with one attached hydrogen (secondary N) is 1. The monoisotopic (exact) mass is 327 g/mol. The number of fused-ring (bicyclic) bond motifs is 4. The van der Waals surface area contributed by atoms with E-state index in [4.69, 9.17) is 20.9 Å². The lowest BCUT2D eigenvalue weighted by Crippen LogP contribution is -2.44. The fraction of sp³-hybridized carbons (Fsp3) is 0.562. The molecule has 0 amide bonds. The van der Waals surface area contributed by atoms with Crippen LogP contribution in [-0.4, -0.2) is 20.8 Å². The van der Waals surface area contributed by atoms with Crippen LogP contribution in [0.2, 0.25) is 0 Å². The molecule has 4 rings (SSSR count). The Balaban J connectivity index is 1.87.